The van der Waals surface area contributed by atoms with E-state index in [0.717, 1.165) is 16.6 Å². The fraction of sp³-hybridized carbons (Fsp3) is 0.250. The number of methoxy groups -OCH3 is 1. The Morgan fingerprint density at radius 2 is 2.29 bits per heavy atom. The van der Waals surface area contributed by atoms with Crippen LogP contribution in [-0.4, -0.2) is 39.4 Å². The molecule has 3 heterocycles. The van der Waals surface area contributed by atoms with Crippen molar-refractivity contribution < 1.29 is 16.8 Å². The van der Waals surface area contributed by atoms with E-state index in [4.69, 9.17) is 4.74 Å². The Hall–Kier alpha value is -3.03. The maximum atomic E-state index is 12.9. The monoisotopic (exact) mass is 331 g/mol. The minimum absolute atomic E-state index is 0. The predicted octanol–water partition coefficient (Wildman–Crippen LogP) is 2.82. The molecule has 2 unspecified atom stereocenters. The van der Waals surface area contributed by atoms with E-state index in [1.54, 1.807) is 31.5 Å². The number of carbonyl (C=O) groups excluding carboxylic acids is 1. The number of anilines is 1. The Morgan fingerprint density at radius 1 is 1.46 bits per heavy atom. The van der Waals surface area contributed by atoms with Gasteiger partial charge in [0, 0.05) is 14.4 Å². The van der Waals surface area contributed by atoms with Crippen molar-refractivity contribution in [2.24, 2.45) is 5.92 Å². The minimum Gasteiger partial charge on any atom is -0.481 e. The number of hydrogen-bond acceptors (Lipinski definition) is 5. The number of rotatable bonds is 4. The molecule has 1 aliphatic carbocycles. The third-order valence-electron chi connectivity index (χ3n) is 3.95. The lowest BCUT2D eigenvalue weighted by Crippen LogP contribution is -2.15. The van der Waals surface area contributed by atoms with Crippen molar-refractivity contribution in [3.05, 3.63) is 30.5 Å². The Bertz CT molecular complexity index is 936. The quantitative estimate of drug-likeness (QED) is 0.767. The van der Waals surface area contributed by atoms with Gasteiger partial charge in [-0.05, 0) is 30.7 Å². The molecule has 3 aromatic rings. The van der Waals surface area contributed by atoms with Crippen LogP contribution >= 0.6 is 0 Å². The molecule has 0 radical (unpaired) electrons. The third-order valence-corrected chi connectivity index (χ3v) is 3.95. The molecule has 0 aliphatic heterocycles. The van der Waals surface area contributed by atoms with Crippen LogP contribution in [0, 0.1) is 5.92 Å². The van der Waals surface area contributed by atoms with Gasteiger partial charge < -0.3 is 10.1 Å². The van der Waals surface area contributed by atoms with Gasteiger partial charge in [-0.2, -0.15) is 5.10 Å². The lowest BCUT2D eigenvalue weighted by atomic mass is 10.1. The number of carbonyl (C=O) groups is 1. The summed E-state index contributed by atoms with van der Waals surface area (Å²) in [5.74, 6) is -0.0816. The number of amides is 1. The first-order chi connectivity index (χ1) is 11.7. The van der Waals surface area contributed by atoms with Crippen LogP contribution < -0.4 is 10.1 Å². The van der Waals surface area contributed by atoms with Crippen molar-refractivity contribution in [3.8, 4) is 17.1 Å². The van der Waals surface area contributed by atoms with Crippen molar-refractivity contribution in [2.45, 2.75) is 12.6 Å². The molecule has 8 heteroatoms. The van der Waals surface area contributed by atoms with Crippen molar-refractivity contribution in [3.63, 3.8) is 0 Å². The lowest BCUT2D eigenvalue weighted by molar-refractivity contribution is -0.117. The highest BCUT2D eigenvalue weighted by Crippen LogP contribution is 2.35. The molecule has 7 nitrogen and oxygen atoms in total. The molecule has 4 rings (SSSR count). The standard InChI is InChI=1S/C16H14FN5O2.2H2/c1-24-16-9(3-2-6-18-16)13-8-4-5-12(19-14(8)22-21-13)20-15(23)10-7-11(10)17;;/h2-6,10-11H,7H2,1H3,(H2,19,20,21,22,23);2*1H. The molecule has 24 heavy (non-hydrogen) atoms. The zero-order valence-corrected chi connectivity index (χ0v) is 12.8. The number of nitrogens with zero attached hydrogens (tertiary/aromatic N) is 3. The van der Waals surface area contributed by atoms with E-state index in [1.807, 2.05) is 6.07 Å². The Kier molecular flexibility index (Phi) is 3.37. The summed E-state index contributed by atoms with van der Waals surface area (Å²) in [4.78, 5) is 20.2. The van der Waals surface area contributed by atoms with Gasteiger partial charge in [-0.25, -0.2) is 14.4 Å². The van der Waals surface area contributed by atoms with E-state index >= 15 is 0 Å². The average molecular weight is 331 g/mol. The minimum atomic E-state index is -1.04. The molecule has 0 aromatic carbocycles. The number of hydrogen-bond donors (Lipinski definition) is 2. The zero-order chi connectivity index (χ0) is 16.7. The van der Waals surface area contributed by atoms with Gasteiger partial charge in [0.1, 0.15) is 12.0 Å². The summed E-state index contributed by atoms with van der Waals surface area (Å²) >= 11 is 0. The van der Waals surface area contributed by atoms with E-state index < -0.39 is 12.1 Å². The van der Waals surface area contributed by atoms with E-state index in [0.29, 0.717) is 17.3 Å². The number of aromatic nitrogens is 4. The molecule has 0 spiro atoms. The largest absolute Gasteiger partial charge is 0.481 e. The molecule has 2 atom stereocenters. The van der Waals surface area contributed by atoms with Crippen molar-refractivity contribution in [1.29, 1.82) is 0 Å². The second kappa shape index (κ2) is 5.55. The molecule has 126 valence electrons. The van der Waals surface area contributed by atoms with E-state index in [-0.39, 0.29) is 15.2 Å². The Labute approximate surface area is 139 Å². The number of alkyl halides is 1. The Balaban J connectivity index is 0.00000121. The van der Waals surface area contributed by atoms with Gasteiger partial charge in [0.05, 0.1) is 24.3 Å². The number of fused-ring (bicyclic) bond motifs is 1. The molecule has 1 aliphatic rings. The molecule has 0 saturated heterocycles. The zero-order valence-electron chi connectivity index (χ0n) is 12.8. The van der Waals surface area contributed by atoms with Crippen LogP contribution in [0.25, 0.3) is 22.3 Å². The van der Waals surface area contributed by atoms with Crippen molar-refractivity contribution in [1.82, 2.24) is 20.2 Å². The summed E-state index contributed by atoms with van der Waals surface area (Å²) in [6, 6.07) is 7.12. The molecule has 1 fully saturated rings. The summed E-state index contributed by atoms with van der Waals surface area (Å²) < 4.78 is 18.2. The van der Waals surface area contributed by atoms with E-state index in [1.165, 1.54) is 0 Å². The molecule has 2 N–H and O–H groups in total. The molecule has 3 aromatic heterocycles. The second-order valence-corrected chi connectivity index (χ2v) is 5.57. The third kappa shape index (κ3) is 2.45. The van der Waals surface area contributed by atoms with Gasteiger partial charge in [0.2, 0.25) is 11.8 Å². The normalized spacial score (nSPS) is 19.2. The van der Waals surface area contributed by atoms with Gasteiger partial charge in [-0.1, -0.05) is 0 Å². The number of halogens is 1. The first-order valence-corrected chi connectivity index (χ1v) is 7.47. The maximum Gasteiger partial charge on any atom is 0.231 e. The summed E-state index contributed by atoms with van der Waals surface area (Å²) in [5.41, 5.74) is 1.94. The fourth-order valence-electron chi connectivity index (χ4n) is 2.57. The highest BCUT2D eigenvalue weighted by molar-refractivity contribution is 5.97. The first-order valence-electron chi connectivity index (χ1n) is 7.47. The SMILES string of the molecule is COc1ncccc1-c1[nH]nc2nc(NC(=O)C3CC3F)ccc12.[HH].[HH]. The smallest absolute Gasteiger partial charge is 0.231 e. The maximum absolute atomic E-state index is 12.9. The van der Waals surface area contributed by atoms with Crippen LogP contribution in [0.5, 0.6) is 5.88 Å². The Morgan fingerprint density at radius 3 is 3.04 bits per heavy atom. The molecular formula is C16H18FN5O2. The number of aromatic amines is 1. The van der Waals surface area contributed by atoms with Crippen LogP contribution in [0.3, 0.4) is 0 Å². The summed E-state index contributed by atoms with van der Waals surface area (Å²) in [6.07, 6.45) is 0.883. The van der Waals surface area contributed by atoms with Gasteiger partial charge in [0.15, 0.2) is 5.65 Å². The number of ether oxygens (including phenoxy) is 1. The highest BCUT2D eigenvalue weighted by atomic mass is 19.1. The second-order valence-electron chi connectivity index (χ2n) is 5.57. The number of H-pyrrole nitrogens is 1. The lowest BCUT2D eigenvalue weighted by Gasteiger charge is -2.05. The summed E-state index contributed by atoms with van der Waals surface area (Å²) in [5, 5.41) is 10.5. The number of pyridine rings is 2. The molecule has 1 saturated carbocycles. The predicted molar refractivity (Wildman–Crippen MR) is 89.5 cm³/mol. The van der Waals surface area contributed by atoms with E-state index in [9.17, 15) is 9.18 Å². The summed E-state index contributed by atoms with van der Waals surface area (Å²) in [7, 11) is 1.55. The number of nitrogens with one attached hydrogen (secondary N) is 2. The van der Waals surface area contributed by atoms with Crippen LogP contribution in [0.1, 0.15) is 9.27 Å². The molecule has 0 bridgehead atoms. The van der Waals surface area contributed by atoms with Crippen LogP contribution in [0.2, 0.25) is 0 Å². The average Bonchev–Trinajstić information content (AvgIpc) is 3.19. The first kappa shape index (κ1) is 14.6. The van der Waals surface area contributed by atoms with Crippen LogP contribution in [0.4, 0.5) is 10.2 Å². The summed E-state index contributed by atoms with van der Waals surface area (Å²) in [6.45, 7) is 0. The van der Waals surface area contributed by atoms with Gasteiger partial charge in [0.25, 0.3) is 0 Å². The molecular weight excluding hydrogens is 313 g/mol. The topological polar surface area (TPSA) is 92.8 Å². The van der Waals surface area contributed by atoms with Crippen molar-refractivity contribution >= 4 is 22.8 Å². The van der Waals surface area contributed by atoms with Gasteiger partial charge in [-0.3, -0.25) is 9.89 Å². The molecule has 1 amide bonds. The van der Waals surface area contributed by atoms with Crippen LogP contribution in [-0.2, 0) is 4.79 Å². The van der Waals surface area contributed by atoms with Gasteiger partial charge >= 0.3 is 0 Å². The van der Waals surface area contributed by atoms with Crippen LogP contribution in [0.15, 0.2) is 30.5 Å². The van der Waals surface area contributed by atoms with E-state index in [2.05, 4.69) is 25.5 Å². The van der Waals surface area contributed by atoms with Crippen molar-refractivity contribution in [2.75, 3.05) is 12.4 Å². The van der Waals surface area contributed by atoms with Gasteiger partial charge in [-0.15, -0.1) is 0 Å². The highest BCUT2D eigenvalue weighted by Gasteiger charge is 2.43. The fourth-order valence-corrected chi connectivity index (χ4v) is 2.57.